The van der Waals surface area contributed by atoms with E-state index in [2.05, 4.69) is 10.3 Å². The van der Waals surface area contributed by atoms with E-state index >= 15 is 0 Å². The average Bonchev–Trinajstić information content (AvgIpc) is 3.76. The fourth-order valence-corrected chi connectivity index (χ4v) is 5.15. The predicted molar refractivity (Wildman–Crippen MR) is 167 cm³/mol. The summed E-state index contributed by atoms with van der Waals surface area (Å²) in [5.41, 5.74) is 2.88. The van der Waals surface area contributed by atoms with Crippen LogP contribution in [-0.2, 0) is 50.0 Å². The Labute approximate surface area is 267 Å². The van der Waals surface area contributed by atoms with Gasteiger partial charge in [-0.3, -0.25) is 4.79 Å². The number of amides is 2. The molecule has 0 spiro atoms. The minimum absolute atomic E-state index is 0.0108. The first-order valence-electron chi connectivity index (χ1n) is 15.2. The van der Waals surface area contributed by atoms with Crippen LogP contribution in [0.2, 0.25) is 0 Å². The van der Waals surface area contributed by atoms with Gasteiger partial charge >= 0.3 is 18.2 Å². The number of hydrogen-bond donors (Lipinski definition) is 1. The van der Waals surface area contributed by atoms with Crippen molar-refractivity contribution in [2.24, 2.45) is 0 Å². The zero-order valence-corrected chi connectivity index (χ0v) is 25.3. The molecule has 5 rings (SSSR count). The van der Waals surface area contributed by atoms with Crippen LogP contribution in [-0.4, -0.2) is 57.1 Å². The van der Waals surface area contributed by atoms with E-state index in [1.54, 1.807) is 4.90 Å². The van der Waals surface area contributed by atoms with Crippen LogP contribution in [0.25, 0.3) is 0 Å². The smallest absolute Gasteiger partial charge is 0.419 e. The second-order valence-electron chi connectivity index (χ2n) is 11.0. The number of nitrogens with zero attached hydrogens (tertiary/aromatic N) is 3. The van der Waals surface area contributed by atoms with E-state index in [9.17, 15) is 19.2 Å². The summed E-state index contributed by atoms with van der Waals surface area (Å²) >= 11 is 0. The molecule has 1 saturated heterocycles. The molecule has 1 aliphatic rings. The Balaban J connectivity index is 1.20. The quantitative estimate of drug-likeness (QED) is 0.172. The fraction of sp³-hybridized carbons (Fsp3) is 0.286. The average molecular weight is 625 g/mol. The van der Waals surface area contributed by atoms with Crippen LogP contribution in [0.3, 0.4) is 0 Å². The highest BCUT2D eigenvalue weighted by atomic mass is 16.6. The molecule has 1 fully saturated rings. The molecule has 3 aromatic carbocycles. The van der Waals surface area contributed by atoms with Gasteiger partial charge in [0.05, 0.1) is 5.69 Å². The molecule has 11 heteroatoms. The maximum Gasteiger partial charge on any atom is 0.419 e. The maximum absolute atomic E-state index is 13.3. The lowest BCUT2D eigenvalue weighted by Gasteiger charge is -2.24. The van der Waals surface area contributed by atoms with Crippen LogP contribution in [0.1, 0.15) is 41.6 Å². The topological polar surface area (TPSA) is 129 Å². The highest BCUT2D eigenvalue weighted by Crippen LogP contribution is 2.22. The zero-order valence-electron chi connectivity index (χ0n) is 25.3. The fourth-order valence-electron chi connectivity index (χ4n) is 5.15. The van der Waals surface area contributed by atoms with Gasteiger partial charge in [-0.1, -0.05) is 91.0 Å². The van der Waals surface area contributed by atoms with Crippen molar-refractivity contribution in [3.05, 3.63) is 126 Å². The van der Waals surface area contributed by atoms with E-state index < -0.39 is 30.1 Å². The van der Waals surface area contributed by atoms with E-state index in [-0.39, 0.29) is 38.7 Å². The second kappa shape index (κ2) is 16.0. The molecule has 2 atom stereocenters. The number of nitrogens with one attached hydrogen (secondary N) is 1. The third-order valence-corrected chi connectivity index (χ3v) is 7.55. The van der Waals surface area contributed by atoms with Gasteiger partial charge in [0, 0.05) is 31.6 Å². The highest BCUT2D eigenvalue weighted by Gasteiger charge is 2.33. The Kier molecular flexibility index (Phi) is 11.1. The predicted octanol–water partition coefficient (Wildman–Crippen LogP) is 5.03. The van der Waals surface area contributed by atoms with E-state index in [0.29, 0.717) is 18.7 Å². The number of likely N-dealkylation sites (tertiary alicyclic amines) is 1. The van der Waals surface area contributed by atoms with Crippen molar-refractivity contribution in [3.63, 3.8) is 0 Å². The minimum atomic E-state index is -1.08. The standard InChI is InChI=1S/C35H36N4O7/c40-32(20-30-17-10-18-39(30)35(43)46-24-28-15-8-3-9-16-28)37-31(33(41)44-22-26-11-4-1-5-12-26)19-29-21-38(25-36-29)34(42)45-23-27-13-6-2-7-14-27/h1-9,11-16,21,25,30-31H,10,17-20,22-24H2,(H,37,40)/t30-,31-/m0/s1. The summed E-state index contributed by atoms with van der Waals surface area (Å²) < 4.78 is 17.6. The first-order chi connectivity index (χ1) is 22.4. The van der Waals surface area contributed by atoms with E-state index in [4.69, 9.17) is 14.2 Å². The van der Waals surface area contributed by atoms with Crippen molar-refractivity contribution in [2.45, 2.75) is 57.6 Å². The molecule has 238 valence electrons. The number of esters is 1. The number of ether oxygens (including phenoxy) is 3. The lowest BCUT2D eigenvalue weighted by Crippen LogP contribution is -2.46. The summed E-state index contributed by atoms with van der Waals surface area (Å²) in [4.78, 5) is 57.7. The van der Waals surface area contributed by atoms with Gasteiger partial charge in [0.2, 0.25) is 5.91 Å². The normalized spacial score (nSPS) is 14.7. The second-order valence-corrected chi connectivity index (χ2v) is 11.0. The Morgan fingerprint density at radius 2 is 1.30 bits per heavy atom. The van der Waals surface area contributed by atoms with Gasteiger partial charge in [0.1, 0.15) is 32.2 Å². The highest BCUT2D eigenvalue weighted by molar-refractivity contribution is 5.85. The van der Waals surface area contributed by atoms with Gasteiger partial charge in [-0.05, 0) is 29.5 Å². The summed E-state index contributed by atoms with van der Waals surface area (Å²) in [5, 5.41) is 2.77. The molecule has 2 amide bonds. The van der Waals surface area contributed by atoms with Gasteiger partial charge in [0.15, 0.2) is 0 Å². The number of hydrogen-bond acceptors (Lipinski definition) is 8. The lowest BCUT2D eigenvalue weighted by molar-refractivity contribution is -0.149. The molecule has 0 radical (unpaired) electrons. The third kappa shape index (κ3) is 9.28. The Bertz CT molecular complexity index is 1590. The van der Waals surface area contributed by atoms with Crippen LogP contribution in [0, 0.1) is 0 Å². The molecule has 1 N–H and O–H groups in total. The molecule has 0 unspecified atom stereocenters. The van der Waals surface area contributed by atoms with Crippen molar-refractivity contribution in [3.8, 4) is 0 Å². The summed E-state index contributed by atoms with van der Waals surface area (Å²) in [7, 11) is 0. The van der Waals surface area contributed by atoms with Crippen LogP contribution < -0.4 is 5.32 Å². The molecule has 4 aromatic rings. The van der Waals surface area contributed by atoms with Gasteiger partial charge in [-0.2, -0.15) is 0 Å². The molecular weight excluding hydrogens is 588 g/mol. The molecule has 2 heterocycles. The van der Waals surface area contributed by atoms with Crippen LogP contribution in [0.4, 0.5) is 9.59 Å². The van der Waals surface area contributed by atoms with E-state index in [0.717, 1.165) is 23.1 Å². The van der Waals surface area contributed by atoms with E-state index in [1.165, 1.54) is 17.1 Å². The van der Waals surface area contributed by atoms with Crippen molar-refractivity contribution in [2.75, 3.05) is 6.54 Å². The van der Waals surface area contributed by atoms with Crippen molar-refractivity contribution < 1.29 is 33.4 Å². The van der Waals surface area contributed by atoms with Crippen molar-refractivity contribution in [1.29, 1.82) is 0 Å². The summed E-state index contributed by atoms with van der Waals surface area (Å²) in [6.07, 6.45) is 2.98. The summed E-state index contributed by atoms with van der Waals surface area (Å²) in [6, 6.07) is 26.4. The van der Waals surface area contributed by atoms with Crippen molar-refractivity contribution >= 4 is 24.1 Å². The first-order valence-corrected chi connectivity index (χ1v) is 15.2. The monoisotopic (exact) mass is 624 g/mol. The number of carbonyl (C=O) groups excluding carboxylic acids is 4. The van der Waals surface area contributed by atoms with Crippen molar-refractivity contribution in [1.82, 2.24) is 19.8 Å². The van der Waals surface area contributed by atoms with Gasteiger partial charge in [0.25, 0.3) is 0 Å². The number of carbonyl (C=O) groups is 4. The largest absolute Gasteiger partial charge is 0.459 e. The minimum Gasteiger partial charge on any atom is -0.459 e. The molecular formula is C35H36N4O7. The first kappa shape index (κ1) is 32.0. The zero-order chi connectivity index (χ0) is 32.1. The van der Waals surface area contributed by atoms with Crippen LogP contribution >= 0.6 is 0 Å². The number of rotatable bonds is 12. The van der Waals surface area contributed by atoms with Gasteiger partial charge in [-0.15, -0.1) is 0 Å². The van der Waals surface area contributed by atoms with E-state index in [1.807, 2.05) is 91.0 Å². The number of benzene rings is 3. The third-order valence-electron chi connectivity index (χ3n) is 7.55. The Hall–Kier alpha value is -5.45. The van der Waals surface area contributed by atoms with Crippen LogP contribution in [0.5, 0.6) is 0 Å². The maximum atomic E-state index is 13.3. The van der Waals surface area contributed by atoms with Gasteiger partial charge < -0.3 is 24.4 Å². The molecule has 1 aliphatic heterocycles. The Morgan fingerprint density at radius 1 is 0.761 bits per heavy atom. The molecule has 0 bridgehead atoms. The van der Waals surface area contributed by atoms with Gasteiger partial charge in [-0.25, -0.2) is 23.9 Å². The Morgan fingerprint density at radius 3 is 1.89 bits per heavy atom. The molecule has 11 nitrogen and oxygen atoms in total. The lowest BCUT2D eigenvalue weighted by atomic mass is 10.1. The van der Waals surface area contributed by atoms with Crippen LogP contribution in [0.15, 0.2) is 104 Å². The number of imidazole rings is 1. The SMILES string of the molecule is O=C(C[C@@H]1CCCN1C(=O)OCc1ccccc1)N[C@@H](Cc1cn(C(=O)OCc2ccccc2)cn1)C(=O)OCc1ccccc1. The number of aromatic nitrogens is 2. The molecule has 1 aromatic heterocycles. The molecule has 0 aliphatic carbocycles. The molecule has 46 heavy (non-hydrogen) atoms. The molecule has 0 saturated carbocycles. The summed E-state index contributed by atoms with van der Waals surface area (Å²) in [5.74, 6) is -1.07. The summed E-state index contributed by atoms with van der Waals surface area (Å²) in [6.45, 7) is 0.731.